The molecule has 1 aliphatic heterocycles. The molecule has 4 rings (SSSR count). The fraction of sp³-hybridized carbons (Fsp3) is 0.320. The number of carbonyl (C=O) groups excluding carboxylic acids is 2. The maximum atomic E-state index is 12.8. The molecule has 6 nitrogen and oxygen atoms in total. The first-order valence-electron chi connectivity index (χ1n) is 10.6. The van der Waals surface area contributed by atoms with Crippen LogP contribution < -0.4 is 5.32 Å². The van der Waals surface area contributed by atoms with Crippen LogP contribution in [0.1, 0.15) is 36.9 Å². The molecule has 0 saturated carbocycles. The Hall–Kier alpha value is -3.41. The molecule has 0 aliphatic carbocycles. The van der Waals surface area contributed by atoms with Crippen molar-refractivity contribution in [3.63, 3.8) is 0 Å². The molecule has 1 aromatic heterocycles. The summed E-state index contributed by atoms with van der Waals surface area (Å²) < 4.78 is 5.43. The van der Waals surface area contributed by atoms with Crippen LogP contribution in [0.25, 0.3) is 11.3 Å². The van der Waals surface area contributed by atoms with E-state index in [0.717, 1.165) is 18.4 Å². The first-order chi connectivity index (χ1) is 15.0. The predicted molar refractivity (Wildman–Crippen MR) is 118 cm³/mol. The average Bonchev–Trinajstić information content (AvgIpc) is 3.40. The number of hydrogen-bond donors (Lipinski definition) is 1. The number of benzene rings is 2. The second-order valence-electron chi connectivity index (χ2n) is 8.29. The number of nitrogens with zero attached hydrogens (tertiary/aromatic N) is 2. The van der Waals surface area contributed by atoms with E-state index in [1.165, 1.54) is 5.56 Å². The summed E-state index contributed by atoms with van der Waals surface area (Å²) in [7, 11) is 1.77. The van der Waals surface area contributed by atoms with Gasteiger partial charge in [0.25, 0.3) is 0 Å². The van der Waals surface area contributed by atoms with Crippen molar-refractivity contribution in [3.05, 3.63) is 78.0 Å². The normalized spacial score (nSPS) is 18.0. The van der Waals surface area contributed by atoms with Crippen molar-refractivity contribution in [2.75, 3.05) is 7.05 Å². The fourth-order valence-electron chi connectivity index (χ4n) is 4.16. The van der Waals surface area contributed by atoms with Crippen LogP contribution >= 0.6 is 0 Å². The van der Waals surface area contributed by atoms with Gasteiger partial charge in [0.15, 0.2) is 5.76 Å². The lowest BCUT2D eigenvalue weighted by Crippen LogP contribution is -2.44. The number of nitrogens with one attached hydrogen (secondary N) is 1. The minimum Gasteiger partial charge on any atom is -0.356 e. The summed E-state index contributed by atoms with van der Waals surface area (Å²) in [6.45, 7) is 0.382. The third-order valence-corrected chi connectivity index (χ3v) is 5.88. The van der Waals surface area contributed by atoms with Gasteiger partial charge in [0.2, 0.25) is 11.8 Å². The van der Waals surface area contributed by atoms with E-state index in [1.54, 1.807) is 11.9 Å². The van der Waals surface area contributed by atoms with Gasteiger partial charge in [-0.2, -0.15) is 0 Å². The van der Waals surface area contributed by atoms with Gasteiger partial charge >= 0.3 is 0 Å². The van der Waals surface area contributed by atoms with Gasteiger partial charge in [-0.15, -0.1) is 0 Å². The quantitative estimate of drug-likeness (QED) is 0.602. The zero-order valence-corrected chi connectivity index (χ0v) is 17.7. The SMILES string of the molecule is CN(Cc1cc(-c2ccccc2)on1)C(=O)CC[C@@]1(Cc2ccccc2)CCC(=O)N1. The lowest BCUT2D eigenvalue weighted by Gasteiger charge is -2.30. The molecule has 2 amide bonds. The van der Waals surface area contributed by atoms with Gasteiger partial charge < -0.3 is 14.7 Å². The van der Waals surface area contributed by atoms with Crippen molar-refractivity contribution in [1.82, 2.24) is 15.4 Å². The second-order valence-corrected chi connectivity index (χ2v) is 8.29. The summed E-state index contributed by atoms with van der Waals surface area (Å²) in [6.07, 6.45) is 2.98. The maximum absolute atomic E-state index is 12.8. The zero-order chi connectivity index (χ0) is 21.7. The maximum Gasteiger partial charge on any atom is 0.222 e. The van der Waals surface area contributed by atoms with Gasteiger partial charge in [0.1, 0.15) is 5.69 Å². The molecule has 6 heteroatoms. The van der Waals surface area contributed by atoms with Gasteiger partial charge in [-0.25, -0.2) is 0 Å². The third-order valence-electron chi connectivity index (χ3n) is 5.88. The number of carbonyl (C=O) groups is 2. The molecule has 1 N–H and O–H groups in total. The molecule has 0 unspecified atom stereocenters. The molecule has 1 saturated heterocycles. The Morgan fingerprint density at radius 1 is 1.13 bits per heavy atom. The predicted octanol–water partition coefficient (Wildman–Crippen LogP) is 3.97. The van der Waals surface area contributed by atoms with E-state index in [4.69, 9.17) is 4.52 Å². The van der Waals surface area contributed by atoms with Crippen LogP contribution in [0.3, 0.4) is 0 Å². The molecule has 0 bridgehead atoms. The average molecular weight is 418 g/mol. The van der Waals surface area contributed by atoms with Crippen molar-refractivity contribution >= 4 is 11.8 Å². The van der Waals surface area contributed by atoms with Crippen LogP contribution in [0.4, 0.5) is 0 Å². The molecular formula is C25H27N3O3. The summed E-state index contributed by atoms with van der Waals surface area (Å²) in [5.41, 5.74) is 2.48. The van der Waals surface area contributed by atoms with Crippen LogP contribution in [0.5, 0.6) is 0 Å². The van der Waals surface area contributed by atoms with Gasteiger partial charge in [-0.1, -0.05) is 65.8 Å². The topological polar surface area (TPSA) is 75.4 Å². The monoisotopic (exact) mass is 417 g/mol. The first-order valence-corrected chi connectivity index (χ1v) is 10.6. The lowest BCUT2D eigenvalue weighted by atomic mass is 9.85. The van der Waals surface area contributed by atoms with E-state index in [9.17, 15) is 9.59 Å². The molecule has 3 aromatic rings. The van der Waals surface area contributed by atoms with Crippen molar-refractivity contribution in [1.29, 1.82) is 0 Å². The molecule has 31 heavy (non-hydrogen) atoms. The third kappa shape index (κ3) is 5.20. The minimum absolute atomic E-state index is 0.0258. The van der Waals surface area contributed by atoms with E-state index in [0.29, 0.717) is 37.3 Å². The van der Waals surface area contributed by atoms with Crippen LogP contribution in [-0.4, -0.2) is 34.5 Å². The van der Waals surface area contributed by atoms with Gasteiger partial charge in [0, 0.05) is 37.1 Å². The van der Waals surface area contributed by atoms with Crippen molar-refractivity contribution in [3.8, 4) is 11.3 Å². The van der Waals surface area contributed by atoms with E-state index < -0.39 is 0 Å². The van der Waals surface area contributed by atoms with E-state index in [1.807, 2.05) is 54.6 Å². The molecular weight excluding hydrogens is 390 g/mol. The number of hydrogen-bond acceptors (Lipinski definition) is 4. The van der Waals surface area contributed by atoms with E-state index in [-0.39, 0.29) is 17.4 Å². The first kappa shape index (κ1) is 20.8. The summed E-state index contributed by atoms with van der Waals surface area (Å²) in [5.74, 6) is 0.776. The van der Waals surface area contributed by atoms with E-state index in [2.05, 4.69) is 22.6 Å². The number of aromatic nitrogens is 1. The molecule has 160 valence electrons. The second kappa shape index (κ2) is 9.16. The summed E-state index contributed by atoms with van der Waals surface area (Å²) in [5, 5.41) is 7.25. The summed E-state index contributed by atoms with van der Waals surface area (Å²) in [6, 6.07) is 21.7. The summed E-state index contributed by atoms with van der Waals surface area (Å²) >= 11 is 0. The molecule has 2 heterocycles. The van der Waals surface area contributed by atoms with Crippen LogP contribution in [-0.2, 0) is 22.6 Å². The van der Waals surface area contributed by atoms with Gasteiger partial charge in [0.05, 0.1) is 6.54 Å². The van der Waals surface area contributed by atoms with Crippen molar-refractivity contribution in [2.45, 2.75) is 44.2 Å². The Morgan fingerprint density at radius 3 is 2.52 bits per heavy atom. The molecule has 1 fully saturated rings. The van der Waals surface area contributed by atoms with Crippen molar-refractivity contribution < 1.29 is 14.1 Å². The Bertz CT molecular complexity index is 1030. The molecule has 1 atom stereocenters. The standard InChI is InChI=1S/C25H27N3O3/c1-28(18-21-16-22(31-27-21)20-10-6-3-7-11-20)24(30)13-15-25(14-12-23(29)26-25)17-19-8-4-2-5-9-19/h2-11,16H,12-15,17-18H2,1H3,(H,26,29)/t25-/m1/s1. The minimum atomic E-state index is -0.358. The summed E-state index contributed by atoms with van der Waals surface area (Å²) in [4.78, 5) is 26.4. The van der Waals surface area contributed by atoms with Crippen LogP contribution in [0.15, 0.2) is 71.3 Å². The largest absolute Gasteiger partial charge is 0.356 e. The Balaban J connectivity index is 1.36. The zero-order valence-electron chi connectivity index (χ0n) is 17.7. The van der Waals surface area contributed by atoms with Gasteiger partial charge in [-0.3, -0.25) is 9.59 Å². The Morgan fingerprint density at radius 2 is 1.84 bits per heavy atom. The van der Waals surface area contributed by atoms with Crippen LogP contribution in [0, 0.1) is 0 Å². The smallest absolute Gasteiger partial charge is 0.222 e. The highest BCUT2D eigenvalue weighted by Gasteiger charge is 2.38. The lowest BCUT2D eigenvalue weighted by molar-refractivity contribution is -0.131. The number of amides is 2. The molecule has 0 radical (unpaired) electrons. The molecule has 2 aromatic carbocycles. The van der Waals surface area contributed by atoms with Gasteiger partial charge in [-0.05, 0) is 24.8 Å². The highest BCUT2D eigenvalue weighted by molar-refractivity contribution is 5.80. The van der Waals surface area contributed by atoms with Crippen molar-refractivity contribution in [2.24, 2.45) is 0 Å². The molecule has 0 spiro atoms. The fourth-order valence-corrected chi connectivity index (χ4v) is 4.16. The van der Waals surface area contributed by atoms with Crippen LogP contribution in [0.2, 0.25) is 0 Å². The van der Waals surface area contributed by atoms with E-state index >= 15 is 0 Å². The molecule has 1 aliphatic rings. The Labute approximate surface area is 182 Å². The highest BCUT2D eigenvalue weighted by atomic mass is 16.5. The highest BCUT2D eigenvalue weighted by Crippen LogP contribution is 2.30. The Kier molecular flexibility index (Phi) is 6.16. The number of rotatable bonds is 8.